The summed E-state index contributed by atoms with van der Waals surface area (Å²) in [5.74, 6) is 2.02. The fourth-order valence-electron chi connectivity index (χ4n) is 2.46. The first kappa shape index (κ1) is 12.9. The number of benzene rings is 1. The van der Waals surface area contributed by atoms with E-state index in [1.165, 1.54) is 0 Å². The summed E-state index contributed by atoms with van der Waals surface area (Å²) >= 11 is 1.67. The van der Waals surface area contributed by atoms with Crippen LogP contribution in [0, 0.1) is 0 Å². The van der Waals surface area contributed by atoms with E-state index in [0.717, 1.165) is 48.5 Å². The van der Waals surface area contributed by atoms with Gasteiger partial charge in [0.2, 0.25) is 0 Å². The number of hydrogen-bond donors (Lipinski definition) is 0. The topological polar surface area (TPSA) is 35.5 Å². The Morgan fingerprint density at radius 1 is 1.05 bits per heavy atom. The zero-order valence-electron chi connectivity index (χ0n) is 10.9. The molecule has 1 heterocycles. The van der Waals surface area contributed by atoms with E-state index in [4.69, 9.17) is 9.47 Å². The molecule has 0 saturated heterocycles. The maximum Gasteiger partial charge on any atom is 0.162 e. The van der Waals surface area contributed by atoms with Crippen molar-refractivity contribution in [1.29, 1.82) is 0 Å². The molecule has 19 heavy (non-hydrogen) atoms. The van der Waals surface area contributed by atoms with E-state index in [-0.39, 0.29) is 5.25 Å². The van der Waals surface area contributed by atoms with Gasteiger partial charge in [0.25, 0.3) is 0 Å². The molecular formula is C15H18O3S. The van der Waals surface area contributed by atoms with Crippen molar-refractivity contribution < 1.29 is 14.3 Å². The fraction of sp³-hybridized carbons (Fsp3) is 0.533. The molecule has 0 radical (unpaired) electrons. The highest BCUT2D eigenvalue weighted by Crippen LogP contribution is 2.37. The summed E-state index contributed by atoms with van der Waals surface area (Å²) in [6.45, 7) is 1.41. The Hall–Kier alpha value is -1.16. The zero-order chi connectivity index (χ0) is 13.1. The van der Waals surface area contributed by atoms with E-state index in [1.807, 2.05) is 18.2 Å². The van der Waals surface area contributed by atoms with Crippen LogP contribution >= 0.6 is 11.8 Å². The quantitative estimate of drug-likeness (QED) is 0.830. The summed E-state index contributed by atoms with van der Waals surface area (Å²) < 4.78 is 11.3. The predicted molar refractivity (Wildman–Crippen MR) is 75.2 cm³/mol. The van der Waals surface area contributed by atoms with Gasteiger partial charge >= 0.3 is 0 Å². The van der Waals surface area contributed by atoms with Gasteiger partial charge in [-0.1, -0.05) is 6.42 Å². The first-order chi connectivity index (χ1) is 9.33. The second-order valence-corrected chi connectivity index (χ2v) is 6.25. The Morgan fingerprint density at radius 2 is 1.89 bits per heavy atom. The summed E-state index contributed by atoms with van der Waals surface area (Å²) in [6, 6.07) is 5.99. The smallest absolute Gasteiger partial charge is 0.162 e. The molecule has 1 saturated carbocycles. The molecule has 0 spiro atoms. The van der Waals surface area contributed by atoms with Crippen LogP contribution in [0.3, 0.4) is 0 Å². The second-order valence-electron chi connectivity index (χ2n) is 4.98. The third-order valence-corrected chi connectivity index (χ3v) is 4.81. The third-order valence-electron chi connectivity index (χ3n) is 3.50. The normalized spacial score (nSPS) is 22.9. The van der Waals surface area contributed by atoms with Gasteiger partial charge < -0.3 is 9.47 Å². The average Bonchev–Trinajstić information content (AvgIpc) is 2.66. The van der Waals surface area contributed by atoms with Gasteiger partial charge in [0.05, 0.1) is 18.5 Å². The van der Waals surface area contributed by atoms with E-state index in [0.29, 0.717) is 19.0 Å². The van der Waals surface area contributed by atoms with Gasteiger partial charge in [-0.3, -0.25) is 4.79 Å². The number of fused-ring (bicyclic) bond motifs is 1. The lowest BCUT2D eigenvalue weighted by molar-refractivity contribution is -0.119. The largest absolute Gasteiger partial charge is 0.490 e. The minimum Gasteiger partial charge on any atom is -0.490 e. The van der Waals surface area contributed by atoms with Gasteiger partial charge in [-0.15, -0.1) is 11.8 Å². The molecule has 0 aromatic heterocycles. The zero-order valence-corrected chi connectivity index (χ0v) is 11.7. The van der Waals surface area contributed by atoms with E-state index < -0.39 is 0 Å². The summed E-state index contributed by atoms with van der Waals surface area (Å²) in [5.41, 5.74) is 0. The summed E-state index contributed by atoms with van der Waals surface area (Å²) in [4.78, 5) is 13.0. The van der Waals surface area contributed by atoms with Crippen molar-refractivity contribution in [3.8, 4) is 11.5 Å². The first-order valence-corrected chi connectivity index (χ1v) is 7.80. The Morgan fingerprint density at radius 3 is 2.74 bits per heavy atom. The SMILES string of the molecule is O=C1CCCC[C@@H]1Sc1ccc2c(c1)OCCCO2. The minimum absolute atomic E-state index is 0.124. The first-order valence-electron chi connectivity index (χ1n) is 6.92. The molecule has 1 aromatic rings. The molecule has 1 aliphatic heterocycles. The van der Waals surface area contributed by atoms with E-state index >= 15 is 0 Å². The number of rotatable bonds is 2. The number of hydrogen-bond acceptors (Lipinski definition) is 4. The van der Waals surface area contributed by atoms with Crippen LogP contribution in [-0.2, 0) is 4.79 Å². The highest BCUT2D eigenvalue weighted by atomic mass is 32.2. The lowest BCUT2D eigenvalue weighted by atomic mass is 9.99. The van der Waals surface area contributed by atoms with E-state index in [1.54, 1.807) is 11.8 Å². The Balaban J connectivity index is 1.74. The van der Waals surface area contributed by atoms with Crippen LogP contribution in [0.2, 0.25) is 0 Å². The molecular weight excluding hydrogens is 260 g/mol. The van der Waals surface area contributed by atoms with Gasteiger partial charge in [-0.05, 0) is 31.0 Å². The lowest BCUT2D eigenvalue weighted by Gasteiger charge is -2.20. The molecule has 2 aliphatic rings. The van der Waals surface area contributed by atoms with Crippen molar-refractivity contribution >= 4 is 17.5 Å². The number of ketones is 1. The van der Waals surface area contributed by atoms with E-state index in [9.17, 15) is 4.79 Å². The van der Waals surface area contributed by atoms with Crippen molar-refractivity contribution in [3.63, 3.8) is 0 Å². The summed E-state index contributed by atoms with van der Waals surface area (Å²) in [5, 5.41) is 0.124. The molecule has 1 fully saturated rings. The third kappa shape index (κ3) is 3.06. The molecule has 4 heteroatoms. The van der Waals surface area contributed by atoms with Crippen LogP contribution in [0.1, 0.15) is 32.1 Å². The Labute approximate surface area is 117 Å². The number of carbonyl (C=O) groups is 1. The molecule has 3 rings (SSSR count). The van der Waals surface area contributed by atoms with Crippen LogP contribution in [-0.4, -0.2) is 24.2 Å². The minimum atomic E-state index is 0.124. The Bertz CT molecular complexity index is 472. The monoisotopic (exact) mass is 278 g/mol. The molecule has 1 aliphatic carbocycles. The van der Waals surface area contributed by atoms with Gasteiger partial charge in [0.15, 0.2) is 11.5 Å². The molecule has 0 amide bonds. The van der Waals surface area contributed by atoms with E-state index in [2.05, 4.69) is 0 Å². The Kier molecular flexibility index (Phi) is 3.97. The highest BCUT2D eigenvalue weighted by Gasteiger charge is 2.23. The molecule has 102 valence electrons. The van der Waals surface area contributed by atoms with Gasteiger partial charge in [0.1, 0.15) is 5.78 Å². The lowest BCUT2D eigenvalue weighted by Crippen LogP contribution is -2.21. The van der Waals surface area contributed by atoms with Crippen molar-refractivity contribution in [2.24, 2.45) is 0 Å². The number of Topliss-reactive ketones (excluding diaryl/α,β-unsaturated/α-hetero) is 1. The maximum atomic E-state index is 11.9. The fourth-order valence-corrected chi connectivity index (χ4v) is 3.64. The maximum absolute atomic E-state index is 11.9. The number of thioether (sulfide) groups is 1. The van der Waals surface area contributed by atoms with Crippen LogP contribution in [0.25, 0.3) is 0 Å². The van der Waals surface area contributed by atoms with Crippen molar-refractivity contribution in [3.05, 3.63) is 18.2 Å². The molecule has 3 nitrogen and oxygen atoms in total. The highest BCUT2D eigenvalue weighted by molar-refractivity contribution is 8.00. The molecule has 1 aromatic carbocycles. The average molecular weight is 278 g/mol. The summed E-state index contributed by atoms with van der Waals surface area (Å²) in [6.07, 6.45) is 4.86. The van der Waals surface area contributed by atoms with Gasteiger partial charge in [-0.25, -0.2) is 0 Å². The van der Waals surface area contributed by atoms with Crippen LogP contribution < -0.4 is 9.47 Å². The molecule has 0 unspecified atom stereocenters. The van der Waals surface area contributed by atoms with Crippen molar-refractivity contribution in [2.45, 2.75) is 42.2 Å². The number of carbonyl (C=O) groups excluding carboxylic acids is 1. The second kappa shape index (κ2) is 5.87. The van der Waals surface area contributed by atoms with Gasteiger partial charge in [0, 0.05) is 17.7 Å². The van der Waals surface area contributed by atoms with Crippen molar-refractivity contribution in [2.75, 3.05) is 13.2 Å². The standard InChI is InChI=1S/C15H18O3S/c16-12-4-1-2-5-15(12)19-11-6-7-13-14(10-11)18-9-3-8-17-13/h6-7,10,15H,1-5,8-9H2/t15-/m0/s1. The molecule has 0 bridgehead atoms. The number of ether oxygens (including phenoxy) is 2. The summed E-state index contributed by atoms with van der Waals surface area (Å²) in [7, 11) is 0. The van der Waals surface area contributed by atoms with Crippen LogP contribution in [0.4, 0.5) is 0 Å². The molecule has 1 atom stereocenters. The molecule has 0 N–H and O–H groups in total. The van der Waals surface area contributed by atoms with Gasteiger partial charge in [-0.2, -0.15) is 0 Å². The van der Waals surface area contributed by atoms with Crippen LogP contribution in [0.5, 0.6) is 11.5 Å². The van der Waals surface area contributed by atoms with Crippen LogP contribution in [0.15, 0.2) is 23.1 Å². The predicted octanol–water partition coefficient (Wildman–Crippen LogP) is 3.45. The van der Waals surface area contributed by atoms with Crippen molar-refractivity contribution in [1.82, 2.24) is 0 Å².